The zero-order chi connectivity index (χ0) is 13.8. The Hall–Kier alpha value is -1.32. The molecule has 0 spiro atoms. The number of ether oxygens (including phenoxy) is 1. The van der Waals surface area contributed by atoms with Gasteiger partial charge in [-0.25, -0.2) is 9.97 Å². The summed E-state index contributed by atoms with van der Waals surface area (Å²) >= 11 is 12.0. The van der Waals surface area contributed by atoms with Crippen LogP contribution in [-0.4, -0.2) is 9.97 Å². The molecular weight excluding hydrogens is 283 g/mol. The van der Waals surface area contributed by atoms with Crippen LogP contribution in [0.1, 0.15) is 31.3 Å². The predicted octanol–water partition coefficient (Wildman–Crippen LogP) is 4.78. The molecule has 0 N–H and O–H groups in total. The van der Waals surface area contributed by atoms with Gasteiger partial charge < -0.3 is 4.74 Å². The lowest BCUT2D eigenvalue weighted by Gasteiger charge is -2.12. The second kappa shape index (κ2) is 6.22. The zero-order valence-electron chi connectivity index (χ0n) is 10.7. The van der Waals surface area contributed by atoms with Gasteiger partial charge in [-0.05, 0) is 12.1 Å². The van der Waals surface area contributed by atoms with Crippen LogP contribution in [0.15, 0.2) is 30.5 Å². The van der Waals surface area contributed by atoms with Gasteiger partial charge in [-0.3, -0.25) is 0 Å². The van der Waals surface area contributed by atoms with Gasteiger partial charge in [-0.2, -0.15) is 0 Å². The summed E-state index contributed by atoms with van der Waals surface area (Å²) in [5.41, 5.74) is 0.667. The molecule has 3 nitrogen and oxygen atoms in total. The summed E-state index contributed by atoms with van der Waals surface area (Å²) in [6, 6.07) is 7.25. The van der Waals surface area contributed by atoms with E-state index in [1.165, 1.54) is 0 Å². The van der Waals surface area contributed by atoms with Crippen molar-refractivity contribution in [1.82, 2.24) is 9.97 Å². The molecule has 100 valence electrons. The molecule has 0 atom stereocenters. The number of para-hydroxylation sites is 1. The quantitative estimate of drug-likeness (QED) is 0.761. The third-order valence-electron chi connectivity index (χ3n) is 2.55. The first kappa shape index (κ1) is 14.1. The molecule has 0 radical (unpaired) electrons. The molecule has 0 aliphatic carbocycles. The molecular formula is C14H14Cl2N2O. The summed E-state index contributed by atoms with van der Waals surface area (Å²) in [7, 11) is 0. The maximum absolute atomic E-state index is 6.05. The molecule has 2 rings (SSSR count). The molecule has 0 saturated carbocycles. The van der Waals surface area contributed by atoms with Gasteiger partial charge in [-0.1, -0.05) is 37.6 Å². The molecule has 0 aliphatic heterocycles. The first-order valence-electron chi connectivity index (χ1n) is 5.96. The van der Waals surface area contributed by atoms with Crippen LogP contribution in [0.4, 0.5) is 0 Å². The lowest BCUT2D eigenvalue weighted by atomic mass is 10.2. The van der Waals surface area contributed by atoms with Gasteiger partial charge in [0.25, 0.3) is 0 Å². The van der Waals surface area contributed by atoms with E-state index in [-0.39, 0.29) is 11.8 Å². The second-order valence-electron chi connectivity index (χ2n) is 4.36. The van der Waals surface area contributed by atoms with Crippen molar-refractivity contribution in [3.8, 4) is 11.5 Å². The molecule has 1 aromatic carbocycles. The molecule has 1 heterocycles. The van der Waals surface area contributed by atoms with Crippen LogP contribution in [-0.2, 0) is 5.88 Å². The Kier molecular flexibility index (Phi) is 4.61. The summed E-state index contributed by atoms with van der Waals surface area (Å²) in [5, 5.41) is 0.538. The van der Waals surface area contributed by atoms with Gasteiger partial charge >= 0.3 is 0 Å². The number of benzene rings is 1. The monoisotopic (exact) mass is 296 g/mol. The normalized spacial score (nSPS) is 10.8. The van der Waals surface area contributed by atoms with Crippen LogP contribution < -0.4 is 4.74 Å². The van der Waals surface area contributed by atoms with E-state index >= 15 is 0 Å². The minimum atomic E-state index is 0.247. The van der Waals surface area contributed by atoms with Crippen LogP contribution in [0, 0.1) is 0 Å². The smallest absolute Gasteiger partial charge is 0.168 e. The van der Waals surface area contributed by atoms with Crippen LogP contribution in [0.25, 0.3) is 0 Å². The lowest BCUT2D eigenvalue weighted by Crippen LogP contribution is -2.02. The minimum Gasteiger partial charge on any atom is -0.452 e. The summed E-state index contributed by atoms with van der Waals surface area (Å²) in [5.74, 6) is 2.37. The Morgan fingerprint density at radius 1 is 1.21 bits per heavy atom. The molecule has 0 bridgehead atoms. The van der Waals surface area contributed by atoms with Gasteiger partial charge in [0.2, 0.25) is 0 Å². The second-order valence-corrected chi connectivity index (χ2v) is 5.03. The van der Waals surface area contributed by atoms with Crippen LogP contribution in [0.2, 0.25) is 5.02 Å². The molecule has 0 unspecified atom stereocenters. The van der Waals surface area contributed by atoms with Gasteiger partial charge in [-0.15, -0.1) is 11.6 Å². The van der Waals surface area contributed by atoms with Gasteiger partial charge in [0, 0.05) is 5.92 Å². The van der Waals surface area contributed by atoms with Crippen molar-refractivity contribution in [2.45, 2.75) is 25.6 Å². The van der Waals surface area contributed by atoms with E-state index in [9.17, 15) is 0 Å². The maximum Gasteiger partial charge on any atom is 0.168 e. The minimum absolute atomic E-state index is 0.247. The highest BCUT2D eigenvalue weighted by molar-refractivity contribution is 6.32. The zero-order valence-corrected chi connectivity index (χ0v) is 12.2. The Morgan fingerprint density at radius 3 is 2.58 bits per heavy atom. The topological polar surface area (TPSA) is 35.0 Å². The number of hydrogen-bond acceptors (Lipinski definition) is 3. The Labute approximate surface area is 122 Å². The number of halogens is 2. The SMILES string of the molecule is CC(C)c1ncc(Oc2ccccc2Cl)c(CCl)n1. The first-order valence-corrected chi connectivity index (χ1v) is 6.87. The highest BCUT2D eigenvalue weighted by Gasteiger charge is 2.12. The first-order chi connectivity index (χ1) is 9.11. The molecule has 5 heteroatoms. The fraction of sp³-hybridized carbons (Fsp3) is 0.286. The van der Waals surface area contributed by atoms with Crippen molar-refractivity contribution < 1.29 is 4.74 Å². The van der Waals surface area contributed by atoms with Crippen molar-refractivity contribution in [3.05, 3.63) is 47.0 Å². The Morgan fingerprint density at radius 2 is 1.95 bits per heavy atom. The summed E-state index contributed by atoms with van der Waals surface area (Å²) in [4.78, 5) is 8.68. The summed E-state index contributed by atoms with van der Waals surface area (Å²) < 4.78 is 5.72. The maximum atomic E-state index is 6.05. The standard InChI is InChI=1S/C14H14Cl2N2O/c1-9(2)14-17-8-13(11(7-15)18-14)19-12-6-4-3-5-10(12)16/h3-6,8-9H,7H2,1-2H3. The highest BCUT2D eigenvalue weighted by atomic mass is 35.5. The summed E-state index contributed by atoms with van der Waals surface area (Å²) in [6.45, 7) is 4.06. The lowest BCUT2D eigenvalue weighted by molar-refractivity contribution is 0.470. The average molecular weight is 297 g/mol. The Balaban J connectivity index is 2.33. The number of aromatic nitrogens is 2. The van der Waals surface area contributed by atoms with Crippen LogP contribution >= 0.6 is 23.2 Å². The third-order valence-corrected chi connectivity index (χ3v) is 3.11. The van der Waals surface area contributed by atoms with Gasteiger partial charge in [0.15, 0.2) is 5.75 Å². The molecule has 0 aliphatic rings. The average Bonchev–Trinajstić information content (AvgIpc) is 2.41. The predicted molar refractivity (Wildman–Crippen MR) is 77.2 cm³/mol. The molecule has 0 amide bonds. The fourth-order valence-corrected chi connectivity index (χ4v) is 1.89. The van der Waals surface area contributed by atoms with E-state index in [2.05, 4.69) is 9.97 Å². The van der Waals surface area contributed by atoms with Gasteiger partial charge in [0.05, 0.1) is 17.1 Å². The fourth-order valence-electron chi connectivity index (χ4n) is 1.53. The van der Waals surface area contributed by atoms with Crippen LogP contribution in [0.5, 0.6) is 11.5 Å². The molecule has 0 saturated heterocycles. The van der Waals surface area contributed by atoms with E-state index in [1.54, 1.807) is 18.3 Å². The third kappa shape index (κ3) is 3.37. The number of rotatable bonds is 4. The molecule has 2 aromatic rings. The Bertz CT molecular complexity index is 573. The van der Waals surface area contributed by atoms with E-state index in [0.29, 0.717) is 22.2 Å². The van der Waals surface area contributed by atoms with E-state index in [4.69, 9.17) is 27.9 Å². The largest absolute Gasteiger partial charge is 0.452 e. The van der Waals surface area contributed by atoms with Crippen molar-refractivity contribution >= 4 is 23.2 Å². The highest BCUT2D eigenvalue weighted by Crippen LogP contribution is 2.30. The van der Waals surface area contributed by atoms with E-state index < -0.39 is 0 Å². The van der Waals surface area contributed by atoms with Crippen LogP contribution in [0.3, 0.4) is 0 Å². The summed E-state index contributed by atoms with van der Waals surface area (Å²) in [6.07, 6.45) is 1.64. The van der Waals surface area contributed by atoms with Crippen molar-refractivity contribution in [2.75, 3.05) is 0 Å². The number of nitrogens with zero attached hydrogens (tertiary/aromatic N) is 2. The van der Waals surface area contributed by atoms with Crippen molar-refractivity contribution in [2.24, 2.45) is 0 Å². The number of alkyl halides is 1. The molecule has 1 aromatic heterocycles. The van der Waals surface area contributed by atoms with Crippen molar-refractivity contribution in [3.63, 3.8) is 0 Å². The van der Waals surface area contributed by atoms with Gasteiger partial charge in [0.1, 0.15) is 17.3 Å². The molecule has 19 heavy (non-hydrogen) atoms. The van der Waals surface area contributed by atoms with E-state index in [1.807, 2.05) is 26.0 Å². The van der Waals surface area contributed by atoms with Crippen molar-refractivity contribution in [1.29, 1.82) is 0 Å². The van der Waals surface area contributed by atoms with E-state index in [0.717, 1.165) is 5.82 Å². The molecule has 0 fully saturated rings. The number of hydrogen-bond donors (Lipinski definition) is 0.